The molecule has 2 heterocycles. The Morgan fingerprint density at radius 2 is 2.54 bits per heavy atom. The third-order valence-corrected chi connectivity index (χ3v) is 3.01. The van der Waals surface area contributed by atoms with Crippen LogP contribution in [0.5, 0.6) is 0 Å². The van der Waals surface area contributed by atoms with Gasteiger partial charge in [0, 0.05) is 19.6 Å². The van der Waals surface area contributed by atoms with Crippen molar-refractivity contribution in [1.29, 1.82) is 0 Å². The fourth-order valence-electron chi connectivity index (χ4n) is 2.38. The maximum atomic E-state index is 5.86. The molecule has 3 nitrogen and oxygen atoms in total. The molecule has 0 aliphatic carbocycles. The van der Waals surface area contributed by atoms with Gasteiger partial charge in [-0.25, -0.2) is 0 Å². The highest BCUT2D eigenvalue weighted by Crippen LogP contribution is 2.33. The van der Waals surface area contributed by atoms with Crippen molar-refractivity contribution in [2.24, 2.45) is 0 Å². The van der Waals surface area contributed by atoms with Crippen molar-refractivity contribution in [3.05, 3.63) is 0 Å². The van der Waals surface area contributed by atoms with E-state index in [1.54, 1.807) is 0 Å². The van der Waals surface area contributed by atoms with Crippen molar-refractivity contribution in [2.45, 2.75) is 37.9 Å². The Morgan fingerprint density at radius 3 is 3.23 bits per heavy atom. The smallest absolute Gasteiger partial charge is 0.0836 e. The van der Waals surface area contributed by atoms with Gasteiger partial charge >= 0.3 is 0 Å². The topological polar surface area (TPSA) is 30.5 Å². The molecule has 0 aromatic heterocycles. The second-order valence-electron chi connectivity index (χ2n) is 4.06. The summed E-state index contributed by atoms with van der Waals surface area (Å²) in [4.78, 5) is 0. The summed E-state index contributed by atoms with van der Waals surface area (Å²) in [5, 5.41) is 3.40. The van der Waals surface area contributed by atoms with Crippen LogP contribution < -0.4 is 5.32 Å². The molecule has 2 aliphatic rings. The molecule has 0 amide bonds. The first-order valence-corrected chi connectivity index (χ1v) is 5.31. The normalized spacial score (nSPS) is 39.9. The van der Waals surface area contributed by atoms with Crippen LogP contribution in [0.2, 0.25) is 0 Å². The maximum absolute atomic E-state index is 5.86. The highest BCUT2D eigenvalue weighted by molar-refractivity contribution is 4.94. The van der Waals surface area contributed by atoms with Crippen LogP contribution in [0.25, 0.3) is 0 Å². The molecule has 2 saturated heterocycles. The lowest BCUT2D eigenvalue weighted by Crippen LogP contribution is -2.45. The Kier molecular flexibility index (Phi) is 2.86. The van der Waals surface area contributed by atoms with E-state index < -0.39 is 0 Å². The zero-order valence-corrected chi connectivity index (χ0v) is 8.34. The highest BCUT2D eigenvalue weighted by atomic mass is 16.6. The molecule has 0 radical (unpaired) electrons. The summed E-state index contributed by atoms with van der Waals surface area (Å²) >= 11 is 0. The predicted octanol–water partition coefficient (Wildman–Crippen LogP) is 0.934. The molecule has 13 heavy (non-hydrogen) atoms. The summed E-state index contributed by atoms with van der Waals surface area (Å²) < 4.78 is 11.4. The van der Waals surface area contributed by atoms with Gasteiger partial charge in [-0.15, -0.1) is 0 Å². The third kappa shape index (κ3) is 2.03. The van der Waals surface area contributed by atoms with Gasteiger partial charge in [0.1, 0.15) is 0 Å². The minimum atomic E-state index is 0.109. The fourth-order valence-corrected chi connectivity index (χ4v) is 2.38. The minimum Gasteiger partial charge on any atom is -0.376 e. The molecule has 3 heteroatoms. The number of ether oxygens (including phenoxy) is 2. The van der Waals surface area contributed by atoms with Crippen LogP contribution in [0, 0.1) is 0 Å². The lowest BCUT2D eigenvalue weighted by Gasteiger charge is -2.32. The highest BCUT2D eigenvalue weighted by Gasteiger charge is 2.41. The van der Waals surface area contributed by atoms with Gasteiger partial charge in [0.05, 0.1) is 18.3 Å². The SMILES string of the molecule is CCO[C@H]1CO[C@@]2(CCCNC2)C1. The molecule has 0 aromatic rings. The monoisotopic (exact) mass is 185 g/mol. The minimum absolute atomic E-state index is 0.109. The second kappa shape index (κ2) is 3.95. The van der Waals surface area contributed by atoms with E-state index in [1.165, 1.54) is 12.8 Å². The Morgan fingerprint density at radius 1 is 1.62 bits per heavy atom. The molecule has 0 unspecified atom stereocenters. The van der Waals surface area contributed by atoms with E-state index >= 15 is 0 Å². The fraction of sp³-hybridized carbons (Fsp3) is 1.00. The Hall–Kier alpha value is -0.120. The summed E-state index contributed by atoms with van der Waals surface area (Å²) in [5.41, 5.74) is 0.109. The summed E-state index contributed by atoms with van der Waals surface area (Å²) in [6, 6.07) is 0. The van der Waals surface area contributed by atoms with Crippen LogP contribution in [0.1, 0.15) is 26.2 Å². The van der Waals surface area contributed by atoms with Gasteiger partial charge in [-0.3, -0.25) is 0 Å². The largest absolute Gasteiger partial charge is 0.376 e. The van der Waals surface area contributed by atoms with Gasteiger partial charge < -0.3 is 14.8 Å². The predicted molar refractivity (Wildman–Crippen MR) is 50.8 cm³/mol. The second-order valence-corrected chi connectivity index (χ2v) is 4.06. The molecular weight excluding hydrogens is 166 g/mol. The van der Waals surface area contributed by atoms with Crippen LogP contribution in [-0.2, 0) is 9.47 Å². The number of piperidine rings is 1. The zero-order chi connectivity index (χ0) is 9.15. The van der Waals surface area contributed by atoms with Crippen molar-refractivity contribution < 1.29 is 9.47 Å². The molecule has 0 aromatic carbocycles. The molecule has 0 bridgehead atoms. The van der Waals surface area contributed by atoms with Gasteiger partial charge in [0.2, 0.25) is 0 Å². The van der Waals surface area contributed by atoms with Gasteiger partial charge in [-0.1, -0.05) is 0 Å². The zero-order valence-electron chi connectivity index (χ0n) is 8.34. The first-order valence-electron chi connectivity index (χ1n) is 5.31. The average Bonchev–Trinajstić information content (AvgIpc) is 2.51. The third-order valence-electron chi connectivity index (χ3n) is 3.01. The van der Waals surface area contributed by atoms with Crippen LogP contribution in [0.15, 0.2) is 0 Å². The van der Waals surface area contributed by atoms with Crippen molar-refractivity contribution in [3.8, 4) is 0 Å². The maximum Gasteiger partial charge on any atom is 0.0836 e. The lowest BCUT2D eigenvalue weighted by atomic mass is 9.90. The Bertz CT molecular complexity index is 166. The van der Waals surface area contributed by atoms with E-state index in [0.717, 1.165) is 32.7 Å². The van der Waals surface area contributed by atoms with E-state index in [4.69, 9.17) is 9.47 Å². The van der Waals surface area contributed by atoms with Crippen LogP contribution in [0.3, 0.4) is 0 Å². The molecule has 1 N–H and O–H groups in total. The Balaban J connectivity index is 1.87. The lowest BCUT2D eigenvalue weighted by molar-refractivity contribution is -0.0181. The number of nitrogens with one attached hydrogen (secondary N) is 1. The van der Waals surface area contributed by atoms with Crippen LogP contribution in [0.4, 0.5) is 0 Å². The van der Waals surface area contributed by atoms with E-state index in [9.17, 15) is 0 Å². The van der Waals surface area contributed by atoms with Crippen LogP contribution >= 0.6 is 0 Å². The summed E-state index contributed by atoms with van der Waals surface area (Å²) in [5.74, 6) is 0. The molecule has 1 spiro atoms. The van der Waals surface area contributed by atoms with Gasteiger partial charge in [-0.05, 0) is 26.3 Å². The number of hydrogen-bond acceptors (Lipinski definition) is 3. The van der Waals surface area contributed by atoms with Crippen molar-refractivity contribution >= 4 is 0 Å². The standard InChI is InChI=1S/C10H19NO2/c1-2-12-9-6-10(13-7-9)4-3-5-11-8-10/h9,11H,2-8H2,1H3/t9-,10+/m1/s1. The number of hydrogen-bond donors (Lipinski definition) is 1. The molecule has 76 valence electrons. The molecular formula is C10H19NO2. The molecule has 0 saturated carbocycles. The van der Waals surface area contributed by atoms with Gasteiger partial charge in [-0.2, -0.15) is 0 Å². The van der Waals surface area contributed by atoms with Crippen molar-refractivity contribution in [3.63, 3.8) is 0 Å². The first kappa shape index (κ1) is 9.44. The van der Waals surface area contributed by atoms with Crippen molar-refractivity contribution in [2.75, 3.05) is 26.3 Å². The van der Waals surface area contributed by atoms with E-state index in [2.05, 4.69) is 5.32 Å². The quantitative estimate of drug-likeness (QED) is 0.694. The van der Waals surface area contributed by atoms with E-state index in [1.807, 2.05) is 6.92 Å². The van der Waals surface area contributed by atoms with Gasteiger partial charge in [0.15, 0.2) is 0 Å². The molecule has 2 atom stereocenters. The molecule has 2 aliphatic heterocycles. The van der Waals surface area contributed by atoms with E-state index in [-0.39, 0.29) is 5.60 Å². The molecule has 2 fully saturated rings. The van der Waals surface area contributed by atoms with Gasteiger partial charge in [0.25, 0.3) is 0 Å². The van der Waals surface area contributed by atoms with Crippen molar-refractivity contribution in [1.82, 2.24) is 5.32 Å². The first-order chi connectivity index (χ1) is 6.35. The Labute approximate surface area is 79.8 Å². The average molecular weight is 185 g/mol. The number of rotatable bonds is 2. The summed E-state index contributed by atoms with van der Waals surface area (Å²) in [6.07, 6.45) is 3.85. The van der Waals surface area contributed by atoms with E-state index in [0.29, 0.717) is 6.10 Å². The summed E-state index contributed by atoms with van der Waals surface area (Å²) in [7, 11) is 0. The summed E-state index contributed by atoms with van der Waals surface area (Å²) in [6.45, 7) is 5.79. The van der Waals surface area contributed by atoms with Crippen LogP contribution in [-0.4, -0.2) is 38.0 Å². The molecule has 2 rings (SSSR count).